The zero-order chi connectivity index (χ0) is 17.9. The lowest BCUT2D eigenvalue weighted by atomic mass is 10.0. The summed E-state index contributed by atoms with van der Waals surface area (Å²) in [6.07, 6.45) is 0. The molecule has 1 atom stereocenters. The maximum absolute atomic E-state index is 12.1. The van der Waals surface area contributed by atoms with Gasteiger partial charge in [-0.1, -0.05) is 12.1 Å². The number of rotatable bonds is 6. The maximum Gasteiger partial charge on any atom is 0.272 e. The molecular weight excluding hydrogens is 310 g/mol. The van der Waals surface area contributed by atoms with Crippen molar-refractivity contribution in [3.63, 3.8) is 0 Å². The predicted octanol–water partition coefficient (Wildman–Crippen LogP) is 2.53. The van der Waals surface area contributed by atoms with Gasteiger partial charge in [0, 0.05) is 17.7 Å². The van der Waals surface area contributed by atoms with E-state index in [0.717, 1.165) is 17.0 Å². The highest BCUT2D eigenvalue weighted by Gasteiger charge is 2.15. The molecule has 0 aliphatic heterocycles. The van der Waals surface area contributed by atoms with Crippen molar-refractivity contribution in [1.82, 2.24) is 15.5 Å². The van der Waals surface area contributed by atoms with Crippen LogP contribution in [0.25, 0.3) is 0 Å². The highest BCUT2D eigenvalue weighted by molar-refractivity contribution is 5.93. The van der Waals surface area contributed by atoms with Crippen LogP contribution in [0.2, 0.25) is 0 Å². The largest absolute Gasteiger partial charge is 0.322 e. The van der Waals surface area contributed by atoms with Crippen LogP contribution in [0.4, 0.5) is 11.4 Å². The molecule has 0 saturated heterocycles. The highest BCUT2D eigenvalue weighted by atomic mass is 16.6. The summed E-state index contributed by atoms with van der Waals surface area (Å²) in [5.41, 5.74) is 3.65. The predicted molar refractivity (Wildman–Crippen MR) is 90.9 cm³/mol. The second kappa shape index (κ2) is 7.22. The normalized spacial score (nSPS) is 12.0. The molecule has 8 nitrogen and oxygen atoms in total. The van der Waals surface area contributed by atoms with E-state index in [2.05, 4.69) is 20.8 Å². The van der Waals surface area contributed by atoms with Crippen LogP contribution in [0.3, 0.4) is 0 Å². The number of aromatic amines is 1. The Morgan fingerprint density at radius 3 is 2.67 bits per heavy atom. The van der Waals surface area contributed by atoms with Gasteiger partial charge in [-0.2, -0.15) is 5.10 Å². The van der Waals surface area contributed by atoms with Gasteiger partial charge in [0.1, 0.15) is 0 Å². The number of aryl methyl sites for hydroxylation is 3. The number of H-pyrrole nitrogens is 1. The van der Waals surface area contributed by atoms with Crippen LogP contribution in [-0.2, 0) is 4.79 Å². The topological polar surface area (TPSA) is 113 Å². The third-order valence-electron chi connectivity index (χ3n) is 3.89. The molecule has 8 heteroatoms. The fourth-order valence-electron chi connectivity index (χ4n) is 2.37. The van der Waals surface area contributed by atoms with Crippen molar-refractivity contribution in [3.05, 3.63) is 50.8 Å². The minimum Gasteiger partial charge on any atom is -0.322 e. The SMILES string of the molecule is Cc1ccc([C@@H](C)NCC(=O)Nc2c(C)n[nH]c2C)cc1[N+](=O)[O-]. The molecule has 0 aliphatic carbocycles. The van der Waals surface area contributed by atoms with Crippen LogP contribution in [-0.4, -0.2) is 27.6 Å². The Kier molecular flexibility index (Phi) is 5.30. The number of nitro benzene ring substituents is 1. The quantitative estimate of drug-likeness (QED) is 0.556. The number of carbonyl (C=O) groups is 1. The van der Waals surface area contributed by atoms with E-state index in [1.54, 1.807) is 19.9 Å². The zero-order valence-electron chi connectivity index (χ0n) is 14.1. The molecular formula is C16H21N5O3. The van der Waals surface area contributed by atoms with Crippen molar-refractivity contribution in [2.24, 2.45) is 0 Å². The Bertz CT molecular complexity index is 750. The van der Waals surface area contributed by atoms with E-state index in [4.69, 9.17) is 0 Å². The van der Waals surface area contributed by atoms with Crippen LogP contribution in [0, 0.1) is 30.9 Å². The lowest BCUT2D eigenvalue weighted by Gasteiger charge is -2.14. The summed E-state index contributed by atoms with van der Waals surface area (Å²) in [7, 11) is 0. The average Bonchev–Trinajstić information content (AvgIpc) is 2.84. The van der Waals surface area contributed by atoms with Gasteiger partial charge in [-0.3, -0.25) is 20.0 Å². The number of anilines is 1. The van der Waals surface area contributed by atoms with E-state index in [1.165, 1.54) is 6.07 Å². The first-order valence-electron chi connectivity index (χ1n) is 7.59. The lowest BCUT2D eigenvalue weighted by Crippen LogP contribution is -2.30. The third-order valence-corrected chi connectivity index (χ3v) is 3.89. The molecule has 0 aliphatic rings. The van der Waals surface area contributed by atoms with Crippen LogP contribution in [0.1, 0.15) is 35.5 Å². The summed E-state index contributed by atoms with van der Waals surface area (Å²) in [6.45, 7) is 7.28. The summed E-state index contributed by atoms with van der Waals surface area (Å²) in [6, 6.07) is 4.88. The minimum atomic E-state index is -0.400. The average molecular weight is 331 g/mol. The van der Waals surface area contributed by atoms with E-state index in [-0.39, 0.29) is 24.2 Å². The monoisotopic (exact) mass is 331 g/mol. The summed E-state index contributed by atoms with van der Waals surface area (Å²) < 4.78 is 0. The first kappa shape index (κ1) is 17.6. The Balaban J connectivity index is 1.98. The van der Waals surface area contributed by atoms with E-state index in [9.17, 15) is 14.9 Å². The van der Waals surface area contributed by atoms with Gasteiger partial charge < -0.3 is 10.6 Å². The first-order chi connectivity index (χ1) is 11.3. The van der Waals surface area contributed by atoms with Crippen molar-refractivity contribution in [1.29, 1.82) is 0 Å². The molecule has 0 unspecified atom stereocenters. The van der Waals surface area contributed by atoms with Crippen LogP contribution in [0.15, 0.2) is 18.2 Å². The molecule has 0 fully saturated rings. The van der Waals surface area contributed by atoms with Crippen LogP contribution >= 0.6 is 0 Å². The van der Waals surface area contributed by atoms with Gasteiger partial charge in [-0.25, -0.2) is 0 Å². The van der Waals surface area contributed by atoms with E-state index >= 15 is 0 Å². The van der Waals surface area contributed by atoms with Crippen molar-refractivity contribution in [3.8, 4) is 0 Å². The van der Waals surface area contributed by atoms with Crippen molar-refractivity contribution >= 4 is 17.3 Å². The van der Waals surface area contributed by atoms with Crippen LogP contribution < -0.4 is 10.6 Å². The number of aromatic nitrogens is 2. The summed E-state index contributed by atoms with van der Waals surface area (Å²) in [5, 5.41) is 23.7. The third kappa shape index (κ3) is 3.96. The molecule has 1 aromatic carbocycles. The number of benzene rings is 1. The standard InChI is InChI=1S/C16H21N5O3/c1-9-5-6-13(7-14(9)21(23)24)10(2)17-8-15(22)18-16-11(3)19-20-12(16)4/h5-7,10,17H,8H2,1-4H3,(H,18,22)(H,19,20)/t10-/m1/s1. The van der Waals surface area contributed by atoms with E-state index in [0.29, 0.717) is 11.3 Å². The number of hydrogen-bond acceptors (Lipinski definition) is 5. The van der Waals surface area contributed by atoms with Gasteiger partial charge in [-0.05, 0) is 33.3 Å². The number of amides is 1. The Labute approximate surface area is 139 Å². The Morgan fingerprint density at radius 1 is 1.38 bits per heavy atom. The Hall–Kier alpha value is -2.74. The maximum atomic E-state index is 12.1. The van der Waals surface area contributed by atoms with Gasteiger partial charge >= 0.3 is 0 Å². The molecule has 128 valence electrons. The zero-order valence-corrected chi connectivity index (χ0v) is 14.1. The smallest absolute Gasteiger partial charge is 0.272 e. The molecule has 3 N–H and O–H groups in total. The lowest BCUT2D eigenvalue weighted by molar-refractivity contribution is -0.385. The first-order valence-corrected chi connectivity index (χ1v) is 7.59. The second-order valence-electron chi connectivity index (χ2n) is 5.76. The molecule has 0 spiro atoms. The van der Waals surface area contributed by atoms with Crippen LogP contribution in [0.5, 0.6) is 0 Å². The molecule has 0 radical (unpaired) electrons. The van der Waals surface area contributed by atoms with E-state index < -0.39 is 4.92 Å². The van der Waals surface area contributed by atoms with Crippen molar-refractivity contribution in [2.75, 3.05) is 11.9 Å². The number of carbonyl (C=O) groups excluding carboxylic acids is 1. The number of nitro groups is 1. The summed E-state index contributed by atoms with van der Waals surface area (Å²) in [4.78, 5) is 22.7. The number of hydrogen-bond donors (Lipinski definition) is 3. The minimum absolute atomic E-state index is 0.0789. The summed E-state index contributed by atoms with van der Waals surface area (Å²) in [5.74, 6) is -0.198. The second-order valence-corrected chi connectivity index (χ2v) is 5.76. The molecule has 2 aromatic rings. The van der Waals surface area contributed by atoms with Gasteiger partial charge in [0.15, 0.2) is 0 Å². The van der Waals surface area contributed by atoms with Gasteiger partial charge in [-0.15, -0.1) is 0 Å². The molecule has 1 amide bonds. The molecule has 0 saturated carbocycles. The van der Waals surface area contributed by atoms with Crippen molar-refractivity contribution < 1.29 is 9.72 Å². The molecule has 2 rings (SSSR count). The van der Waals surface area contributed by atoms with Crippen molar-refractivity contribution in [2.45, 2.75) is 33.7 Å². The summed E-state index contributed by atoms with van der Waals surface area (Å²) >= 11 is 0. The van der Waals surface area contributed by atoms with Gasteiger partial charge in [0.25, 0.3) is 5.69 Å². The Morgan fingerprint density at radius 2 is 2.08 bits per heavy atom. The van der Waals surface area contributed by atoms with Gasteiger partial charge in [0.2, 0.25) is 5.91 Å². The fourth-order valence-corrected chi connectivity index (χ4v) is 2.37. The molecule has 24 heavy (non-hydrogen) atoms. The molecule has 1 heterocycles. The highest BCUT2D eigenvalue weighted by Crippen LogP contribution is 2.23. The number of nitrogens with one attached hydrogen (secondary N) is 3. The van der Waals surface area contributed by atoms with Gasteiger partial charge in [0.05, 0.1) is 28.5 Å². The molecule has 1 aromatic heterocycles. The van der Waals surface area contributed by atoms with E-state index in [1.807, 2.05) is 19.9 Å². The fraction of sp³-hybridized carbons (Fsp3) is 0.375. The molecule has 0 bridgehead atoms. The number of nitrogens with zero attached hydrogens (tertiary/aromatic N) is 2.